The minimum absolute atomic E-state index is 0.0251. The summed E-state index contributed by atoms with van der Waals surface area (Å²) in [4.78, 5) is 54.2. The van der Waals surface area contributed by atoms with Crippen LogP contribution in [0.15, 0.2) is 84.9 Å². The summed E-state index contributed by atoms with van der Waals surface area (Å²) in [5, 5.41) is 0.450. The normalized spacial score (nSPS) is 15.5. The van der Waals surface area contributed by atoms with Gasteiger partial charge in [0.1, 0.15) is 11.7 Å². The van der Waals surface area contributed by atoms with E-state index in [1.807, 2.05) is 30.3 Å². The molecule has 0 N–H and O–H groups in total. The average molecular weight is 554 g/mol. The number of allylic oxidation sites excluding steroid dienone is 1. The second kappa shape index (κ2) is 11.4. The molecule has 8 heteroatoms. The molecule has 0 radical (unpaired) electrons. The molecule has 1 fully saturated rings. The fourth-order valence-corrected chi connectivity index (χ4v) is 5.11. The summed E-state index contributed by atoms with van der Waals surface area (Å²) in [7, 11) is 0. The summed E-state index contributed by atoms with van der Waals surface area (Å²) in [5.41, 5.74) is 5.16. The number of amides is 2. The molecule has 0 aromatic heterocycles. The maximum absolute atomic E-state index is 12.8. The summed E-state index contributed by atoms with van der Waals surface area (Å²) in [6.07, 6.45) is 1.58. The summed E-state index contributed by atoms with van der Waals surface area (Å²) >= 11 is 0. The Morgan fingerprint density at radius 1 is 0.902 bits per heavy atom. The maximum atomic E-state index is 12.8. The van der Waals surface area contributed by atoms with Crippen LogP contribution in [-0.2, 0) is 35.1 Å². The van der Waals surface area contributed by atoms with Crippen LogP contribution < -0.4 is 0 Å². The Morgan fingerprint density at radius 2 is 1.51 bits per heavy atom. The standard InChI is InChI=1S/C33H31NO7/c1-33(2,3)40-31(37)20-21-9-8-10-22(19-21)28(39-32(38)41-34-29(35)17-18-30(34)36)16-15-27-25-13-6-4-11-23(25)24-12-5-7-14-26(24)27/h4-16,19,27-28H,17-18,20H2,1-3H3/b16-15+. The first-order chi connectivity index (χ1) is 19.6. The third-order valence-corrected chi connectivity index (χ3v) is 6.80. The van der Waals surface area contributed by atoms with E-state index < -0.39 is 29.7 Å². The lowest BCUT2D eigenvalue weighted by molar-refractivity contribution is -0.178. The van der Waals surface area contributed by atoms with E-state index in [-0.39, 0.29) is 31.1 Å². The molecule has 1 heterocycles. The van der Waals surface area contributed by atoms with Gasteiger partial charge in [0.15, 0.2) is 0 Å². The van der Waals surface area contributed by atoms with Crippen LogP contribution in [-0.4, -0.2) is 34.6 Å². The predicted octanol–water partition coefficient (Wildman–Crippen LogP) is 6.20. The number of carbonyl (C=O) groups is 4. The van der Waals surface area contributed by atoms with E-state index in [1.54, 1.807) is 51.1 Å². The quantitative estimate of drug-likeness (QED) is 0.195. The van der Waals surface area contributed by atoms with Crippen molar-refractivity contribution in [3.05, 3.63) is 107 Å². The molecular weight excluding hydrogens is 522 g/mol. The number of benzene rings is 3. The molecule has 0 spiro atoms. The molecule has 2 aliphatic rings. The van der Waals surface area contributed by atoms with E-state index in [9.17, 15) is 19.2 Å². The van der Waals surface area contributed by atoms with Gasteiger partial charge in [-0.1, -0.05) is 83.9 Å². The van der Waals surface area contributed by atoms with Gasteiger partial charge in [0.05, 0.1) is 6.42 Å². The summed E-state index contributed by atoms with van der Waals surface area (Å²) in [6, 6.07) is 23.4. The minimum atomic E-state index is -1.19. The molecule has 1 aliphatic carbocycles. The number of nitrogens with zero attached hydrogens (tertiary/aromatic N) is 1. The van der Waals surface area contributed by atoms with Gasteiger partial charge in [0.2, 0.25) is 0 Å². The van der Waals surface area contributed by atoms with Crippen molar-refractivity contribution in [2.75, 3.05) is 0 Å². The van der Waals surface area contributed by atoms with Crippen LogP contribution in [0, 0.1) is 0 Å². The number of hydrogen-bond acceptors (Lipinski definition) is 7. The number of esters is 1. The van der Waals surface area contributed by atoms with Crippen LogP contribution >= 0.6 is 0 Å². The monoisotopic (exact) mass is 553 g/mol. The van der Waals surface area contributed by atoms with Crippen molar-refractivity contribution in [2.24, 2.45) is 0 Å². The van der Waals surface area contributed by atoms with E-state index in [1.165, 1.54) is 0 Å². The number of fused-ring (bicyclic) bond motifs is 3. The van der Waals surface area contributed by atoms with Crippen molar-refractivity contribution < 1.29 is 33.5 Å². The summed E-state index contributed by atoms with van der Waals surface area (Å²) in [5.74, 6) is -1.67. The lowest BCUT2D eigenvalue weighted by atomic mass is 9.95. The Kier molecular flexibility index (Phi) is 7.75. The molecule has 0 bridgehead atoms. The van der Waals surface area contributed by atoms with Gasteiger partial charge < -0.3 is 9.47 Å². The molecule has 3 aromatic carbocycles. The zero-order chi connectivity index (χ0) is 29.1. The highest BCUT2D eigenvalue weighted by atomic mass is 16.8. The van der Waals surface area contributed by atoms with Gasteiger partial charge >= 0.3 is 12.1 Å². The topological polar surface area (TPSA) is 99.2 Å². The molecule has 1 unspecified atom stereocenters. The van der Waals surface area contributed by atoms with Crippen LogP contribution in [0.1, 0.15) is 67.9 Å². The molecule has 0 saturated carbocycles. The Morgan fingerprint density at radius 3 is 2.12 bits per heavy atom. The number of rotatable bonds is 7. The molecule has 2 amide bonds. The van der Waals surface area contributed by atoms with Gasteiger partial charge in [-0.15, -0.1) is 0 Å². The predicted molar refractivity (Wildman–Crippen MR) is 150 cm³/mol. The summed E-state index contributed by atoms with van der Waals surface area (Å²) in [6.45, 7) is 5.41. The van der Waals surface area contributed by atoms with Crippen molar-refractivity contribution in [3.63, 3.8) is 0 Å². The number of carbonyl (C=O) groups excluding carboxylic acids is 4. The van der Waals surface area contributed by atoms with Gasteiger partial charge in [-0.25, -0.2) is 4.79 Å². The largest absolute Gasteiger partial charge is 0.534 e. The van der Waals surface area contributed by atoms with Gasteiger partial charge in [0, 0.05) is 18.8 Å². The zero-order valence-corrected chi connectivity index (χ0v) is 23.2. The molecule has 3 aromatic rings. The Balaban J connectivity index is 1.44. The fraction of sp³-hybridized carbons (Fsp3) is 0.273. The molecule has 1 aliphatic heterocycles. The van der Waals surface area contributed by atoms with Gasteiger partial charge in [-0.2, -0.15) is 0 Å². The van der Waals surface area contributed by atoms with Crippen molar-refractivity contribution in [1.29, 1.82) is 0 Å². The second-order valence-corrected chi connectivity index (χ2v) is 11.0. The molecule has 41 heavy (non-hydrogen) atoms. The SMILES string of the molecule is CC(C)(C)OC(=O)Cc1cccc(C(/C=C/C2c3ccccc3-c3ccccc32)OC(=O)ON2C(=O)CCC2=O)c1. The number of imide groups is 1. The Bertz CT molecular complexity index is 1470. The van der Waals surface area contributed by atoms with Crippen LogP contribution in [0.5, 0.6) is 0 Å². The highest BCUT2D eigenvalue weighted by molar-refractivity contribution is 6.01. The molecule has 5 rings (SSSR count). The van der Waals surface area contributed by atoms with Gasteiger partial charge in [-0.3, -0.25) is 19.2 Å². The lowest BCUT2D eigenvalue weighted by Gasteiger charge is -2.20. The van der Waals surface area contributed by atoms with Crippen molar-refractivity contribution in [1.82, 2.24) is 5.06 Å². The van der Waals surface area contributed by atoms with Crippen LogP contribution in [0.25, 0.3) is 11.1 Å². The third kappa shape index (κ3) is 6.38. The number of ether oxygens (including phenoxy) is 2. The zero-order valence-electron chi connectivity index (χ0n) is 23.2. The Hall–Kier alpha value is -4.72. The van der Waals surface area contributed by atoms with Gasteiger partial charge in [0.25, 0.3) is 11.8 Å². The molecule has 1 saturated heterocycles. The smallest absolute Gasteiger partial charge is 0.460 e. The molecule has 8 nitrogen and oxygen atoms in total. The van der Waals surface area contributed by atoms with Crippen LogP contribution in [0.3, 0.4) is 0 Å². The second-order valence-electron chi connectivity index (χ2n) is 11.0. The Labute approximate surface area is 238 Å². The van der Waals surface area contributed by atoms with E-state index in [4.69, 9.17) is 14.3 Å². The first-order valence-corrected chi connectivity index (χ1v) is 13.5. The van der Waals surface area contributed by atoms with Crippen LogP contribution in [0.2, 0.25) is 0 Å². The van der Waals surface area contributed by atoms with Crippen molar-refractivity contribution >= 4 is 23.9 Å². The minimum Gasteiger partial charge on any atom is -0.460 e. The number of hydrogen-bond donors (Lipinski definition) is 0. The van der Waals surface area contributed by atoms with Crippen LogP contribution in [0.4, 0.5) is 4.79 Å². The first kappa shape index (κ1) is 27.8. The molecular formula is C33H31NO7. The van der Waals surface area contributed by atoms with Crippen molar-refractivity contribution in [3.8, 4) is 11.1 Å². The number of hydroxylamine groups is 2. The highest BCUT2D eigenvalue weighted by Crippen LogP contribution is 2.45. The van der Waals surface area contributed by atoms with E-state index in [2.05, 4.69) is 24.3 Å². The van der Waals surface area contributed by atoms with E-state index >= 15 is 0 Å². The van der Waals surface area contributed by atoms with E-state index in [0.717, 1.165) is 22.3 Å². The average Bonchev–Trinajstić information content (AvgIpc) is 3.42. The fourth-order valence-electron chi connectivity index (χ4n) is 5.11. The summed E-state index contributed by atoms with van der Waals surface area (Å²) < 4.78 is 11.1. The van der Waals surface area contributed by atoms with Gasteiger partial charge in [-0.05, 0) is 60.2 Å². The highest BCUT2D eigenvalue weighted by Gasteiger charge is 2.34. The third-order valence-electron chi connectivity index (χ3n) is 6.80. The maximum Gasteiger partial charge on any atom is 0.534 e. The first-order valence-electron chi connectivity index (χ1n) is 13.5. The molecule has 1 atom stereocenters. The van der Waals surface area contributed by atoms with E-state index in [0.29, 0.717) is 16.2 Å². The molecule has 210 valence electrons. The van der Waals surface area contributed by atoms with Crippen molar-refractivity contribution in [2.45, 2.75) is 57.7 Å². The lowest BCUT2D eigenvalue weighted by Crippen LogP contribution is -2.32.